The summed E-state index contributed by atoms with van der Waals surface area (Å²) < 4.78 is 5.73. The molecule has 6 heteroatoms. The standard InChI is InChI=1S/C12H17N3O3/c1-3-12(2)9-14(7-8-18-12)11-10(15(16)17)5-4-6-13-11/h4-6H,3,7-9H2,1-2H3. The molecule has 1 saturated heterocycles. The summed E-state index contributed by atoms with van der Waals surface area (Å²) in [6.07, 6.45) is 2.45. The lowest BCUT2D eigenvalue weighted by molar-refractivity contribution is -0.384. The summed E-state index contributed by atoms with van der Waals surface area (Å²) in [5.41, 5.74) is -0.207. The highest BCUT2D eigenvalue weighted by Crippen LogP contribution is 2.30. The van der Waals surface area contributed by atoms with E-state index in [-0.39, 0.29) is 16.2 Å². The second kappa shape index (κ2) is 4.89. The number of nitrogens with zero attached hydrogens (tertiary/aromatic N) is 3. The Morgan fingerprint density at radius 2 is 2.44 bits per heavy atom. The number of anilines is 1. The fourth-order valence-corrected chi connectivity index (χ4v) is 2.10. The van der Waals surface area contributed by atoms with E-state index in [1.165, 1.54) is 6.07 Å². The smallest absolute Gasteiger partial charge is 0.311 e. The van der Waals surface area contributed by atoms with Crippen molar-refractivity contribution in [3.63, 3.8) is 0 Å². The Morgan fingerprint density at radius 3 is 3.11 bits per heavy atom. The van der Waals surface area contributed by atoms with E-state index in [4.69, 9.17) is 4.74 Å². The molecule has 1 aliphatic heterocycles. The van der Waals surface area contributed by atoms with Gasteiger partial charge < -0.3 is 9.64 Å². The Kier molecular flexibility index (Phi) is 3.47. The lowest BCUT2D eigenvalue weighted by Gasteiger charge is -2.40. The van der Waals surface area contributed by atoms with Crippen molar-refractivity contribution in [1.29, 1.82) is 0 Å². The van der Waals surface area contributed by atoms with Gasteiger partial charge in [-0.05, 0) is 19.4 Å². The molecular weight excluding hydrogens is 234 g/mol. The topological polar surface area (TPSA) is 68.5 Å². The maximum atomic E-state index is 11.0. The van der Waals surface area contributed by atoms with E-state index in [1.54, 1.807) is 12.3 Å². The van der Waals surface area contributed by atoms with Gasteiger partial charge in [0.05, 0.1) is 17.1 Å². The SMILES string of the molecule is CCC1(C)CN(c2ncccc2[N+](=O)[O-])CCO1. The summed E-state index contributed by atoms with van der Waals surface area (Å²) in [4.78, 5) is 16.7. The highest BCUT2D eigenvalue weighted by Gasteiger charge is 2.33. The van der Waals surface area contributed by atoms with Crippen LogP contribution in [0.2, 0.25) is 0 Å². The van der Waals surface area contributed by atoms with Gasteiger partial charge in [-0.1, -0.05) is 6.92 Å². The highest BCUT2D eigenvalue weighted by atomic mass is 16.6. The van der Waals surface area contributed by atoms with Crippen LogP contribution in [0, 0.1) is 10.1 Å². The number of aromatic nitrogens is 1. The van der Waals surface area contributed by atoms with Crippen LogP contribution in [0.1, 0.15) is 20.3 Å². The van der Waals surface area contributed by atoms with Gasteiger partial charge >= 0.3 is 5.69 Å². The van der Waals surface area contributed by atoms with Crippen LogP contribution in [0.25, 0.3) is 0 Å². The molecule has 2 rings (SSSR count). The Morgan fingerprint density at radius 1 is 1.67 bits per heavy atom. The molecule has 18 heavy (non-hydrogen) atoms. The fourth-order valence-electron chi connectivity index (χ4n) is 2.10. The van der Waals surface area contributed by atoms with Crippen molar-refractivity contribution in [3.05, 3.63) is 28.4 Å². The molecule has 98 valence electrons. The molecule has 0 aromatic carbocycles. The van der Waals surface area contributed by atoms with Crippen molar-refractivity contribution in [1.82, 2.24) is 4.98 Å². The zero-order valence-corrected chi connectivity index (χ0v) is 10.6. The molecule has 0 spiro atoms. The van der Waals surface area contributed by atoms with Crippen LogP contribution >= 0.6 is 0 Å². The predicted octanol–water partition coefficient (Wildman–Crippen LogP) is 2.00. The predicted molar refractivity (Wildman–Crippen MR) is 67.8 cm³/mol. The van der Waals surface area contributed by atoms with Crippen LogP contribution < -0.4 is 4.90 Å². The van der Waals surface area contributed by atoms with E-state index in [0.29, 0.717) is 25.5 Å². The Hall–Kier alpha value is -1.69. The Balaban J connectivity index is 2.29. The molecule has 0 N–H and O–H groups in total. The number of hydrogen-bond acceptors (Lipinski definition) is 5. The van der Waals surface area contributed by atoms with Crippen molar-refractivity contribution in [2.24, 2.45) is 0 Å². The van der Waals surface area contributed by atoms with E-state index in [1.807, 2.05) is 11.8 Å². The first-order valence-corrected chi connectivity index (χ1v) is 6.04. The van der Waals surface area contributed by atoms with E-state index in [0.717, 1.165) is 6.42 Å². The first-order valence-electron chi connectivity index (χ1n) is 6.04. The van der Waals surface area contributed by atoms with Crippen molar-refractivity contribution >= 4 is 11.5 Å². The quantitative estimate of drug-likeness (QED) is 0.607. The molecule has 0 aliphatic carbocycles. The number of rotatable bonds is 3. The third-order valence-corrected chi connectivity index (χ3v) is 3.35. The molecule has 1 fully saturated rings. The number of ether oxygens (including phenoxy) is 1. The van der Waals surface area contributed by atoms with Crippen molar-refractivity contribution in [2.75, 3.05) is 24.6 Å². The zero-order valence-electron chi connectivity index (χ0n) is 10.6. The molecule has 2 heterocycles. The highest BCUT2D eigenvalue weighted by molar-refractivity contribution is 5.57. The maximum Gasteiger partial charge on any atom is 0.311 e. The summed E-state index contributed by atoms with van der Waals surface area (Å²) in [6.45, 7) is 5.90. The average Bonchev–Trinajstić information content (AvgIpc) is 2.39. The summed E-state index contributed by atoms with van der Waals surface area (Å²) in [5.74, 6) is 0.436. The molecule has 0 saturated carbocycles. The van der Waals surface area contributed by atoms with Gasteiger partial charge in [0, 0.05) is 25.4 Å². The summed E-state index contributed by atoms with van der Waals surface area (Å²) in [7, 11) is 0. The van der Waals surface area contributed by atoms with E-state index in [2.05, 4.69) is 11.9 Å². The van der Waals surface area contributed by atoms with Crippen LogP contribution in [-0.4, -0.2) is 35.2 Å². The van der Waals surface area contributed by atoms with Gasteiger partial charge in [0.25, 0.3) is 0 Å². The molecule has 0 amide bonds. The lowest BCUT2D eigenvalue weighted by Crippen LogP contribution is -2.50. The van der Waals surface area contributed by atoms with Crippen molar-refractivity contribution in [2.45, 2.75) is 25.9 Å². The first kappa shape index (κ1) is 12.8. The van der Waals surface area contributed by atoms with E-state index >= 15 is 0 Å². The van der Waals surface area contributed by atoms with Crippen molar-refractivity contribution in [3.8, 4) is 0 Å². The number of hydrogen-bond donors (Lipinski definition) is 0. The van der Waals surface area contributed by atoms with Crippen LogP contribution in [0.5, 0.6) is 0 Å². The molecule has 1 unspecified atom stereocenters. The summed E-state index contributed by atoms with van der Waals surface area (Å²) >= 11 is 0. The van der Waals surface area contributed by atoms with Crippen LogP contribution in [-0.2, 0) is 4.74 Å². The molecule has 1 atom stereocenters. The molecule has 1 aliphatic rings. The Bertz CT molecular complexity index is 452. The largest absolute Gasteiger partial charge is 0.372 e. The maximum absolute atomic E-state index is 11.0. The van der Waals surface area contributed by atoms with Crippen LogP contribution in [0.15, 0.2) is 18.3 Å². The van der Waals surface area contributed by atoms with Gasteiger partial charge in [-0.15, -0.1) is 0 Å². The van der Waals surface area contributed by atoms with Gasteiger partial charge in [-0.2, -0.15) is 0 Å². The number of pyridine rings is 1. The third-order valence-electron chi connectivity index (χ3n) is 3.35. The Labute approximate surface area is 106 Å². The van der Waals surface area contributed by atoms with Crippen LogP contribution in [0.3, 0.4) is 0 Å². The number of nitro groups is 1. The minimum Gasteiger partial charge on any atom is -0.372 e. The van der Waals surface area contributed by atoms with Crippen LogP contribution in [0.4, 0.5) is 11.5 Å². The first-order chi connectivity index (χ1) is 8.56. The molecule has 1 aromatic heterocycles. The van der Waals surface area contributed by atoms with Gasteiger partial charge in [0.1, 0.15) is 0 Å². The molecule has 0 bridgehead atoms. The van der Waals surface area contributed by atoms with Gasteiger partial charge in [0.2, 0.25) is 5.82 Å². The zero-order chi connectivity index (χ0) is 13.2. The second-order valence-corrected chi connectivity index (χ2v) is 4.68. The van der Waals surface area contributed by atoms with Crippen molar-refractivity contribution < 1.29 is 9.66 Å². The molecule has 1 aromatic rings. The third kappa shape index (κ3) is 2.43. The van der Waals surface area contributed by atoms with Gasteiger partial charge in [0.15, 0.2) is 0 Å². The van der Waals surface area contributed by atoms with Gasteiger partial charge in [-0.25, -0.2) is 4.98 Å². The summed E-state index contributed by atoms with van der Waals surface area (Å²) in [6, 6.07) is 3.07. The molecule has 0 radical (unpaired) electrons. The van der Waals surface area contributed by atoms with E-state index < -0.39 is 0 Å². The lowest BCUT2D eigenvalue weighted by atomic mass is 10.0. The average molecular weight is 251 g/mol. The monoisotopic (exact) mass is 251 g/mol. The summed E-state index contributed by atoms with van der Waals surface area (Å²) in [5, 5.41) is 11.0. The second-order valence-electron chi connectivity index (χ2n) is 4.68. The van der Waals surface area contributed by atoms with Gasteiger partial charge in [-0.3, -0.25) is 10.1 Å². The minimum atomic E-state index is -0.388. The van der Waals surface area contributed by atoms with E-state index in [9.17, 15) is 10.1 Å². The molecular formula is C12H17N3O3. The fraction of sp³-hybridized carbons (Fsp3) is 0.583. The minimum absolute atomic E-state index is 0.0536. The number of morpholine rings is 1. The molecule has 6 nitrogen and oxygen atoms in total. The normalized spacial score (nSPS) is 24.0.